The lowest BCUT2D eigenvalue weighted by molar-refractivity contribution is 0.00558. The Morgan fingerprint density at radius 2 is 1.56 bits per heavy atom. The van der Waals surface area contributed by atoms with Gasteiger partial charge < -0.3 is 5.32 Å². The van der Waals surface area contributed by atoms with Gasteiger partial charge in [0.15, 0.2) is 0 Å². The van der Waals surface area contributed by atoms with Crippen molar-refractivity contribution in [1.29, 1.82) is 0 Å². The fourth-order valence-corrected chi connectivity index (χ4v) is 6.88. The Morgan fingerprint density at radius 3 is 2.15 bits per heavy atom. The molecule has 0 aliphatic carbocycles. The Balaban J connectivity index is 1.47. The van der Waals surface area contributed by atoms with E-state index in [1.165, 1.54) is 41.2 Å². The quantitative estimate of drug-likeness (QED) is 0.619. The molecule has 0 unspecified atom stereocenters. The molecule has 3 fully saturated rings. The highest BCUT2D eigenvalue weighted by molar-refractivity contribution is 7.11. The predicted octanol–water partition coefficient (Wildman–Crippen LogP) is 5.19. The van der Waals surface area contributed by atoms with E-state index in [1.54, 1.807) is 0 Å². The molecule has 5 heterocycles. The minimum Gasteiger partial charge on any atom is -0.308 e. The van der Waals surface area contributed by atoms with Gasteiger partial charge in [-0.1, -0.05) is 42.5 Å². The second-order valence-electron chi connectivity index (χ2n) is 7.76. The van der Waals surface area contributed by atoms with Crippen LogP contribution in [0.25, 0.3) is 0 Å². The van der Waals surface area contributed by atoms with E-state index in [9.17, 15) is 0 Å². The van der Waals surface area contributed by atoms with E-state index in [-0.39, 0.29) is 0 Å². The third-order valence-electron chi connectivity index (χ3n) is 6.30. The Morgan fingerprint density at radius 1 is 0.889 bits per heavy atom. The van der Waals surface area contributed by atoms with E-state index in [2.05, 4.69) is 75.6 Å². The summed E-state index contributed by atoms with van der Waals surface area (Å²) in [5.74, 6) is 1.28. The Hall–Kier alpha value is -1.46. The molecule has 0 radical (unpaired) electrons. The van der Waals surface area contributed by atoms with Crippen molar-refractivity contribution in [2.24, 2.45) is 5.92 Å². The van der Waals surface area contributed by atoms with Crippen LogP contribution in [0.1, 0.15) is 34.1 Å². The molecule has 3 aromatic rings. The van der Waals surface area contributed by atoms with Crippen molar-refractivity contribution in [3.05, 3.63) is 80.7 Å². The van der Waals surface area contributed by atoms with Gasteiger partial charge >= 0.3 is 0 Å². The largest absolute Gasteiger partial charge is 0.308 e. The van der Waals surface area contributed by atoms with Crippen molar-refractivity contribution in [2.75, 3.05) is 13.1 Å². The first kappa shape index (κ1) is 17.6. The third-order valence-corrected chi connectivity index (χ3v) is 8.21. The van der Waals surface area contributed by atoms with E-state index >= 15 is 0 Å². The van der Waals surface area contributed by atoms with E-state index in [1.807, 2.05) is 22.7 Å². The van der Waals surface area contributed by atoms with Gasteiger partial charge in [-0.05, 0) is 60.3 Å². The van der Waals surface area contributed by atoms with Gasteiger partial charge in [-0.15, -0.1) is 22.7 Å². The number of nitrogens with zero attached hydrogens (tertiary/aromatic N) is 1. The fourth-order valence-electron chi connectivity index (χ4n) is 5.03. The number of hydrogen-bond donors (Lipinski definition) is 1. The average molecular weight is 395 g/mol. The van der Waals surface area contributed by atoms with Gasteiger partial charge in [0.2, 0.25) is 0 Å². The monoisotopic (exact) mass is 394 g/mol. The van der Waals surface area contributed by atoms with Gasteiger partial charge in [0, 0.05) is 34.3 Å². The van der Waals surface area contributed by atoms with Crippen LogP contribution < -0.4 is 5.32 Å². The minimum atomic E-state index is 0.487. The van der Waals surface area contributed by atoms with E-state index in [0.29, 0.717) is 18.0 Å². The van der Waals surface area contributed by atoms with E-state index < -0.39 is 0 Å². The summed E-state index contributed by atoms with van der Waals surface area (Å²) in [6.07, 6.45) is 2.68. The molecule has 0 saturated carbocycles. The molecule has 3 aliphatic rings. The number of nitrogens with one attached hydrogen (secondary N) is 1. The highest BCUT2D eigenvalue weighted by atomic mass is 32.1. The zero-order valence-electron chi connectivity index (χ0n) is 15.5. The Labute approximate surface area is 169 Å². The number of rotatable bonds is 6. The second-order valence-corrected chi connectivity index (χ2v) is 9.72. The lowest BCUT2D eigenvalue weighted by atomic mass is 9.73. The molecular weight excluding hydrogens is 368 g/mol. The van der Waals surface area contributed by atoms with Crippen LogP contribution in [0, 0.1) is 5.92 Å². The van der Waals surface area contributed by atoms with Crippen molar-refractivity contribution in [2.45, 2.75) is 37.4 Å². The second kappa shape index (κ2) is 7.88. The van der Waals surface area contributed by atoms with Crippen LogP contribution in [0.4, 0.5) is 0 Å². The summed E-state index contributed by atoms with van der Waals surface area (Å²) < 4.78 is 0. The fraction of sp³-hybridized carbons (Fsp3) is 0.391. The maximum atomic E-state index is 3.99. The molecule has 2 bridgehead atoms. The molecule has 1 N–H and O–H groups in total. The summed E-state index contributed by atoms with van der Waals surface area (Å²) in [4.78, 5) is 5.80. The smallest absolute Gasteiger partial charge is 0.0448 e. The number of benzene rings is 1. The maximum Gasteiger partial charge on any atom is 0.0448 e. The zero-order valence-corrected chi connectivity index (χ0v) is 17.1. The van der Waals surface area contributed by atoms with Crippen LogP contribution in [0.5, 0.6) is 0 Å². The van der Waals surface area contributed by atoms with Crippen LogP contribution in [0.3, 0.4) is 0 Å². The van der Waals surface area contributed by atoms with Crippen molar-refractivity contribution >= 4 is 22.7 Å². The van der Waals surface area contributed by atoms with Crippen molar-refractivity contribution in [3.8, 4) is 0 Å². The van der Waals surface area contributed by atoms with Crippen LogP contribution in [0.2, 0.25) is 0 Å². The number of piperidine rings is 3. The normalized spacial score (nSPS) is 27.3. The van der Waals surface area contributed by atoms with Gasteiger partial charge in [-0.25, -0.2) is 0 Å². The topological polar surface area (TPSA) is 15.3 Å². The Kier molecular flexibility index (Phi) is 5.14. The first-order valence-corrected chi connectivity index (χ1v) is 11.7. The van der Waals surface area contributed by atoms with Crippen molar-refractivity contribution in [1.82, 2.24) is 10.2 Å². The lowest BCUT2D eigenvalue weighted by Gasteiger charge is -2.53. The Bertz CT molecular complexity index is 786. The summed E-state index contributed by atoms with van der Waals surface area (Å²) in [5, 5.41) is 8.46. The average Bonchev–Trinajstić information content (AvgIpc) is 3.44. The number of hydrogen-bond acceptors (Lipinski definition) is 4. The van der Waals surface area contributed by atoms with Gasteiger partial charge in [0.25, 0.3) is 0 Å². The van der Waals surface area contributed by atoms with Gasteiger partial charge in [0.1, 0.15) is 0 Å². The van der Waals surface area contributed by atoms with Gasteiger partial charge in [0.05, 0.1) is 0 Å². The molecule has 0 amide bonds. The molecule has 27 heavy (non-hydrogen) atoms. The zero-order chi connectivity index (χ0) is 18.1. The highest BCUT2D eigenvalue weighted by Gasteiger charge is 2.46. The van der Waals surface area contributed by atoms with Crippen molar-refractivity contribution < 1.29 is 0 Å². The standard InChI is InChI=1S/C23H26N2S2/c1-2-6-17(7-3-1)16-24-22-18-10-12-25(13-11-18)23(22)21(19-8-4-14-26-19)20-9-5-15-27-20/h1-9,14-15,18,21-24H,10-13,16H2/t22-,23+/m1/s1. The molecular formula is C23H26N2S2. The van der Waals surface area contributed by atoms with Gasteiger partial charge in [-0.2, -0.15) is 0 Å². The van der Waals surface area contributed by atoms with E-state index in [4.69, 9.17) is 0 Å². The molecule has 4 heteroatoms. The highest BCUT2D eigenvalue weighted by Crippen LogP contribution is 2.44. The first-order valence-electron chi connectivity index (χ1n) is 9.98. The molecule has 0 spiro atoms. The number of thiophene rings is 2. The third kappa shape index (κ3) is 3.52. The molecule has 2 aromatic heterocycles. The molecule has 1 aromatic carbocycles. The maximum absolute atomic E-state index is 3.99. The van der Waals surface area contributed by atoms with Crippen LogP contribution >= 0.6 is 22.7 Å². The van der Waals surface area contributed by atoms with Gasteiger partial charge in [-0.3, -0.25) is 4.90 Å². The summed E-state index contributed by atoms with van der Waals surface area (Å²) in [7, 11) is 0. The molecule has 2 nitrogen and oxygen atoms in total. The molecule has 3 saturated heterocycles. The molecule has 140 valence electrons. The minimum absolute atomic E-state index is 0.487. The van der Waals surface area contributed by atoms with Crippen LogP contribution in [0.15, 0.2) is 65.4 Å². The summed E-state index contributed by atoms with van der Waals surface area (Å²) in [6.45, 7) is 3.48. The molecule has 2 atom stereocenters. The lowest BCUT2D eigenvalue weighted by Crippen LogP contribution is -2.64. The van der Waals surface area contributed by atoms with Crippen LogP contribution in [-0.2, 0) is 6.54 Å². The first-order chi connectivity index (χ1) is 13.4. The summed E-state index contributed by atoms with van der Waals surface area (Å²) in [5.41, 5.74) is 1.39. The predicted molar refractivity (Wildman–Crippen MR) is 116 cm³/mol. The molecule has 6 rings (SSSR count). The summed E-state index contributed by atoms with van der Waals surface area (Å²) in [6, 6.07) is 21.1. The van der Waals surface area contributed by atoms with Crippen LogP contribution in [-0.4, -0.2) is 30.1 Å². The van der Waals surface area contributed by atoms with E-state index in [0.717, 1.165) is 12.5 Å². The number of fused-ring (bicyclic) bond motifs is 3. The SMILES string of the molecule is c1ccc(CN[C@@H]2C3CCN(CC3)[C@H]2C(c2cccs2)c2cccs2)cc1. The summed E-state index contributed by atoms with van der Waals surface area (Å²) >= 11 is 3.84. The van der Waals surface area contributed by atoms with Crippen molar-refractivity contribution in [3.63, 3.8) is 0 Å². The molecule has 3 aliphatic heterocycles.